The van der Waals surface area contributed by atoms with Gasteiger partial charge in [0, 0.05) is 10.3 Å². The summed E-state index contributed by atoms with van der Waals surface area (Å²) in [5.41, 5.74) is 2.58. The van der Waals surface area contributed by atoms with Crippen molar-refractivity contribution in [3.63, 3.8) is 0 Å². The first kappa shape index (κ1) is 17.8. The molecule has 1 aliphatic rings. The molecule has 0 radical (unpaired) electrons. The zero-order valence-electron chi connectivity index (χ0n) is 14.2. The monoisotopic (exact) mass is 371 g/mol. The van der Waals surface area contributed by atoms with Crippen LogP contribution in [0.25, 0.3) is 5.57 Å². The van der Waals surface area contributed by atoms with Crippen LogP contribution in [0.15, 0.2) is 53.4 Å². The number of benzene rings is 2. The lowest BCUT2D eigenvalue weighted by Gasteiger charge is -2.18. The van der Waals surface area contributed by atoms with E-state index in [0.29, 0.717) is 21.2 Å². The molecule has 0 unspecified atom stereocenters. The molecular formula is C20H18ClNO2S. The Morgan fingerprint density at radius 1 is 1.00 bits per heavy atom. The zero-order valence-corrected chi connectivity index (χ0v) is 15.8. The summed E-state index contributed by atoms with van der Waals surface area (Å²) in [5.74, 6) is -0.586. The number of amides is 2. The van der Waals surface area contributed by atoms with Crippen molar-refractivity contribution in [2.24, 2.45) is 0 Å². The Morgan fingerprint density at radius 2 is 1.68 bits per heavy atom. The molecule has 0 spiro atoms. The Balaban J connectivity index is 2.14. The van der Waals surface area contributed by atoms with Gasteiger partial charge in [0.2, 0.25) is 0 Å². The van der Waals surface area contributed by atoms with Gasteiger partial charge in [-0.2, -0.15) is 0 Å². The fourth-order valence-corrected chi connectivity index (χ4v) is 3.91. The molecule has 1 aliphatic heterocycles. The molecule has 0 bridgehead atoms. The van der Waals surface area contributed by atoms with Gasteiger partial charge in [0.25, 0.3) is 11.8 Å². The Labute approximate surface area is 156 Å². The van der Waals surface area contributed by atoms with Gasteiger partial charge in [0.1, 0.15) is 0 Å². The molecule has 1 heterocycles. The SMILES string of the molecule is Cc1ccc(Cl)cc1N1C(=O)C(SC(C)C)=C(c2ccccc2)C1=O. The number of carbonyl (C=O) groups is 2. The van der Waals surface area contributed by atoms with Crippen molar-refractivity contribution in [3.8, 4) is 0 Å². The second-order valence-corrected chi connectivity index (χ2v) is 8.14. The number of halogens is 1. The Morgan fingerprint density at radius 3 is 2.32 bits per heavy atom. The largest absolute Gasteiger partial charge is 0.272 e. The molecule has 2 aromatic rings. The Bertz CT molecular complexity index is 875. The number of anilines is 1. The van der Waals surface area contributed by atoms with Crippen LogP contribution in [0, 0.1) is 6.92 Å². The van der Waals surface area contributed by atoms with E-state index in [2.05, 4.69) is 0 Å². The fourth-order valence-electron chi connectivity index (χ4n) is 2.76. The van der Waals surface area contributed by atoms with E-state index in [4.69, 9.17) is 11.6 Å². The van der Waals surface area contributed by atoms with E-state index in [0.717, 1.165) is 11.1 Å². The summed E-state index contributed by atoms with van der Waals surface area (Å²) in [7, 11) is 0. The first-order chi connectivity index (χ1) is 11.9. The van der Waals surface area contributed by atoms with E-state index in [1.165, 1.54) is 16.7 Å². The van der Waals surface area contributed by atoms with Gasteiger partial charge < -0.3 is 0 Å². The average Bonchev–Trinajstić information content (AvgIpc) is 2.81. The third-order valence-corrected chi connectivity index (χ3v) is 5.19. The van der Waals surface area contributed by atoms with Crippen LogP contribution in [0.3, 0.4) is 0 Å². The summed E-state index contributed by atoms with van der Waals surface area (Å²) < 4.78 is 0. The van der Waals surface area contributed by atoms with E-state index in [1.807, 2.05) is 57.2 Å². The number of hydrogen-bond donors (Lipinski definition) is 0. The molecule has 2 aromatic carbocycles. The fraction of sp³-hybridized carbons (Fsp3) is 0.200. The maximum absolute atomic E-state index is 13.2. The number of hydrogen-bond acceptors (Lipinski definition) is 3. The van der Waals surface area contributed by atoms with Crippen molar-refractivity contribution < 1.29 is 9.59 Å². The van der Waals surface area contributed by atoms with Crippen LogP contribution < -0.4 is 4.90 Å². The second-order valence-electron chi connectivity index (χ2n) is 6.11. The molecule has 0 saturated carbocycles. The average molecular weight is 372 g/mol. The number of rotatable bonds is 4. The minimum absolute atomic E-state index is 0.186. The summed E-state index contributed by atoms with van der Waals surface area (Å²) in [6.45, 7) is 5.87. The van der Waals surface area contributed by atoms with Crippen molar-refractivity contribution in [1.29, 1.82) is 0 Å². The van der Waals surface area contributed by atoms with Crippen LogP contribution in [0.2, 0.25) is 5.02 Å². The molecule has 0 aromatic heterocycles. The Hall–Kier alpha value is -2.04. The Kier molecular flexibility index (Phi) is 5.02. The topological polar surface area (TPSA) is 37.4 Å². The normalized spacial score (nSPS) is 14.8. The number of imide groups is 1. The van der Waals surface area contributed by atoms with E-state index in [9.17, 15) is 9.59 Å². The molecule has 3 nitrogen and oxygen atoms in total. The van der Waals surface area contributed by atoms with Crippen LogP contribution in [0.5, 0.6) is 0 Å². The third kappa shape index (κ3) is 3.37. The molecule has 0 atom stereocenters. The molecule has 0 fully saturated rings. The number of nitrogens with zero attached hydrogens (tertiary/aromatic N) is 1. The molecule has 0 aliphatic carbocycles. The summed E-state index contributed by atoms with van der Waals surface area (Å²) in [4.78, 5) is 28.0. The van der Waals surface area contributed by atoms with Crippen molar-refractivity contribution in [1.82, 2.24) is 0 Å². The predicted octanol–water partition coefficient (Wildman–Crippen LogP) is 5.07. The molecule has 128 valence electrons. The summed E-state index contributed by atoms with van der Waals surface area (Å²) in [6, 6.07) is 14.6. The number of thioether (sulfide) groups is 1. The van der Waals surface area contributed by atoms with Gasteiger partial charge in [-0.15, -0.1) is 11.8 Å². The van der Waals surface area contributed by atoms with Crippen molar-refractivity contribution >= 4 is 46.4 Å². The van der Waals surface area contributed by atoms with Crippen molar-refractivity contribution in [3.05, 3.63) is 69.6 Å². The molecule has 5 heteroatoms. The highest BCUT2D eigenvalue weighted by Gasteiger charge is 2.41. The van der Waals surface area contributed by atoms with Crippen LogP contribution in [-0.2, 0) is 9.59 Å². The molecular weight excluding hydrogens is 354 g/mol. The van der Waals surface area contributed by atoms with E-state index in [1.54, 1.807) is 12.1 Å². The lowest BCUT2D eigenvalue weighted by Crippen LogP contribution is -2.32. The molecule has 0 N–H and O–H groups in total. The van der Waals surface area contributed by atoms with Gasteiger partial charge in [-0.05, 0) is 30.2 Å². The standard InChI is InChI=1S/C20H18ClNO2S/c1-12(2)25-18-17(14-7-5-4-6-8-14)19(23)22(20(18)24)16-11-15(21)10-9-13(16)3/h4-12H,1-3H3. The molecule has 3 rings (SSSR count). The highest BCUT2D eigenvalue weighted by molar-refractivity contribution is 8.04. The molecule has 2 amide bonds. The van der Waals surface area contributed by atoms with Gasteiger partial charge >= 0.3 is 0 Å². The second kappa shape index (κ2) is 7.06. The summed E-state index contributed by atoms with van der Waals surface area (Å²) >= 11 is 7.52. The maximum atomic E-state index is 13.2. The van der Waals surface area contributed by atoms with Crippen LogP contribution >= 0.6 is 23.4 Å². The van der Waals surface area contributed by atoms with Gasteiger partial charge in [0.05, 0.1) is 16.2 Å². The van der Waals surface area contributed by atoms with Gasteiger partial charge in [0.15, 0.2) is 0 Å². The highest BCUT2D eigenvalue weighted by atomic mass is 35.5. The minimum Gasteiger partial charge on any atom is -0.268 e. The lowest BCUT2D eigenvalue weighted by molar-refractivity contribution is -0.119. The van der Waals surface area contributed by atoms with Crippen molar-refractivity contribution in [2.75, 3.05) is 4.90 Å². The first-order valence-electron chi connectivity index (χ1n) is 8.01. The van der Waals surface area contributed by atoms with Gasteiger partial charge in [-0.3, -0.25) is 9.59 Å². The molecule has 0 saturated heterocycles. The lowest BCUT2D eigenvalue weighted by atomic mass is 10.1. The van der Waals surface area contributed by atoms with Gasteiger partial charge in [-0.25, -0.2) is 4.90 Å². The van der Waals surface area contributed by atoms with Crippen LogP contribution in [0.1, 0.15) is 25.0 Å². The van der Waals surface area contributed by atoms with Crippen LogP contribution in [0.4, 0.5) is 5.69 Å². The minimum atomic E-state index is -0.301. The number of carbonyl (C=O) groups excluding carboxylic acids is 2. The molecule has 25 heavy (non-hydrogen) atoms. The highest BCUT2D eigenvalue weighted by Crippen LogP contribution is 2.41. The van der Waals surface area contributed by atoms with Crippen molar-refractivity contribution in [2.45, 2.75) is 26.0 Å². The maximum Gasteiger partial charge on any atom is 0.272 e. The van der Waals surface area contributed by atoms with E-state index < -0.39 is 0 Å². The van der Waals surface area contributed by atoms with E-state index >= 15 is 0 Å². The quantitative estimate of drug-likeness (QED) is 0.704. The third-order valence-electron chi connectivity index (χ3n) is 3.87. The zero-order chi connectivity index (χ0) is 18.1. The first-order valence-corrected chi connectivity index (χ1v) is 9.27. The smallest absolute Gasteiger partial charge is 0.268 e. The number of aryl methyl sites for hydroxylation is 1. The van der Waals surface area contributed by atoms with Crippen LogP contribution in [-0.4, -0.2) is 17.1 Å². The van der Waals surface area contributed by atoms with Gasteiger partial charge in [-0.1, -0.05) is 61.8 Å². The van der Waals surface area contributed by atoms with E-state index in [-0.39, 0.29) is 17.1 Å². The summed E-state index contributed by atoms with van der Waals surface area (Å²) in [5, 5.41) is 0.679. The predicted molar refractivity (Wildman–Crippen MR) is 105 cm³/mol. The summed E-state index contributed by atoms with van der Waals surface area (Å²) in [6.07, 6.45) is 0.